The fourth-order valence-corrected chi connectivity index (χ4v) is 1.65. The lowest BCUT2D eigenvalue weighted by Gasteiger charge is -2.03. The highest BCUT2D eigenvalue weighted by atomic mass is 32.2. The van der Waals surface area contributed by atoms with Crippen LogP contribution in [-0.2, 0) is 4.74 Å². The first-order valence-corrected chi connectivity index (χ1v) is 5.17. The molecule has 0 radical (unpaired) electrons. The zero-order valence-corrected chi connectivity index (χ0v) is 8.76. The van der Waals surface area contributed by atoms with Gasteiger partial charge in [0.05, 0.1) is 12.7 Å². The number of ether oxygens (including phenoxy) is 1. The van der Waals surface area contributed by atoms with Gasteiger partial charge < -0.3 is 4.74 Å². The van der Waals surface area contributed by atoms with E-state index in [1.54, 1.807) is 18.2 Å². The molecule has 0 atom stereocenters. The molecule has 0 aliphatic carbocycles. The molecule has 74 valence electrons. The van der Waals surface area contributed by atoms with Gasteiger partial charge in [-0.3, -0.25) is 4.79 Å². The smallest absolute Gasteiger partial charge is 0.337 e. The summed E-state index contributed by atoms with van der Waals surface area (Å²) in [4.78, 5) is 22.5. The van der Waals surface area contributed by atoms with E-state index < -0.39 is 5.97 Å². The molecule has 1 aromatic carbocycles. The van der Waals surface area contributed by atoms with Gasteiger partial charge in [0.25, 0.3) is 0 Å². The van der Waals surface area contributed by atoms with E-state index in [2.05, 4.69) is 4.74 Å². The third-order valence-electron chi connectivity index (χ3n) is 1.78. The summed E-state index contributed by atoms with van der Waals surface area (Å²) in [6.07, 6.45) is 2.62. The molecule has 1 rings (SSSR count). The summed E-state index contributed by atoms with van der Waals surface area (Å²) in [5, 5.41) is 0. The molecule has 0 fully saturated rings. The number of carbonyl (C=O) groups excluding carboxylic acids is 2. The minimum atomic E-state index is -0.391. The molecule has 0 heterocycles. The minimum absolute atomic E-state index is 0.391. The number of rotatable bonds is 3. The molecule has 0 spiro atoms. The van der Waals surface area contributed by atoms with Crippen LogP contribution in [0.2, 0.25) is 0 Å². The normalized spacial score (nSPS) is 9.57. The highest BCUT2D eigenvalue weighted by Crippen LogP contribution is 2.20. The van der Waals surface area contributed by atoms with Gasteiger partial charge in [-0.25, -0.2) is 4.79 Å². The standard InChI is InChI=1S/C10H10O3S/c1-13-10(12)7-3-4-8(6-11)9(5-7)14-2/h3-6H,1-2H3. The van der Waals surface area contributed by atoms with Crippen molar-refractivity contribution in [1.29, 1.82) is 0 Å². The van der Waals surface area contributed by atoms with Crippen molar-refractivity contribution in [3.8, 4) is 0 Å². The van der Waals surface area contributed by atoms with Crippen molar-refractivity contribution in [1.82, 2.24) is 0 Å². The van der Waals surface area contributed by atoms with Crippen molar-refractivity contribution in [2.24, 2.45) is 0 Å². The van der Waals surface area contributed by atoms with Crippen molar-refractivity contribution in [2.75, 3.05) is 13.4 Å². The van der Waals surface area contributed by atoms with Gasteiger partial charge in [-0.1, -0.05) is 0 Å². The van der Waals surface area contributed by atoms with Gasteiger partial charge in [-0.15, -0.1) is 11.8 Å². The van der Waals surface area contributed by atoms with Gasteiger partial charge in [-0.05, 0) is 24.5 Å². The van der Waals surface area contributed by atoms with E-state index >= 15 is 0 Å². The molecule has 0 saturated heterocycles. The Kier molecular flexibility index (Phi) is 3.71. The molecule has 0 bridgehead atoms. The molecule has 0 aromatic heterocycles. The summed E-state index contributed by atoms with van der Waals surface area (Å²) in [6, 6.07) is 4.85. The van der Waals surface area contributed by atoms with E-state index in [0.29, 0.717) is 11.1 Å². The van der Waals surface area contributed by atoms with E-state index in [1.165, 1.54) is 18.9 Å². The van der Waals surface area contributed by atoms with Crippen molar-refractivity contribution < 1.29 is 14.3 Å². The van der Waals surface area contributed by atoms with Crippen LogP contribution >= 0.6 is 11.8 Å². The van der Waals surface area contributed by atoms with Crippen LogP contribution in [0.5, 0.6) is 0 Å². The molecule has 0 aliphatic rings. The minimum Gasteiger partial charge on any atom is -0.465 e. The van der Waals surface area contributed by atoms with Crippen molar-refractivity contribution in [3.63, 3.8) is 0 Å². The molecule has 0 N–H and O–H groups in total. The van der Waals surface area contributed by atoms with Crippen LogP contribution in [-0.4, -0.2) is 25.6 Å². The summed E-state index contributed by atoms with van der Waals surface area (Å²) in [5.74, 6) is -0.391. The average Bonchev–Trinajstić information content (AvgIpc) is 2.26. The van der Waals surface area contributed by atoms with Crippen LogP contribution in [0.4, 0.5) is 0 Å². The number of benzene rings is 1. The molecular weight excluding hydrogens is 200 g/mol. The zero-order chi connectivity index (χ0) is 10.6. The van der Waals surface area contributed by atoms with E-state index in [1.807, 2.05) is 6.26 Å². The maximum absolute atomic E-state index is 11.2. The second kappa shape index (κ2) is 4.81. The number of carbonyl (C=O) groups is 2. The Labute approximate surface area is 86.5 Å². The number of hydrogen-bond donors (Lipinski definition) is 0. The number of methoxy groups -OCH3 is 1. The number of esters is 1. The Hall–Kier alpha value is -1.29. The molecular formula is C10H10O3S. The number of thioether (sulfide) groups is 1. The van der Waals surface area contributed by atoms with E-state index in [-0.39, 0.29) is 0 Å². The summed E-state index contributed by atoms with van der Waals surface area (Å²) in [6.45, 7) is 0. The summed E-state index contributed by atoms with van der Waals surface area (Å²) < 4.78 is 4.57. The molecule has 0 saturated carbocycles. The molecule has 1 aromatic rings. The summed E-state index contributed by atoms with van der Waals surface area (Å²) in [5.41, 5.74) is 1.05. The van der Waals surface area contributed by atoms with Crippen molar-refractivity contribution in [3.05, 3.63) is 29.3 Å². The molecule has 4 heteroatoms. The van der Waals surface area contributed by atoms with Crippen LogP contribution in [0.15, 0.2) is 23.1 Å². The van der Waals surface area contributed by atoms with Crippen LogP contribution in [0.3, 0.4) is 0 Å². The van der Waals surface area contributed by atoms with Gasteiger partial charge in [0.2, 0.25) is 0 Å². The van der Waals surface area contributed by atoms with E-state index in [4.69, 9.17) is 0 Å². The Morgan fingerprint density at radius 2 is 2.21 bits per heavy atom. The largest absolute Gasteiger partial charge is 0.465 e. The first kappa shape index (κ1) is 10.8. The van der Waals surface area contributed by atoms with Crippen molar-refractivity contribution in [2.45, 2.75) is 4.90 Å². The van der Waals surface area contributed by atoms with Crippen LogP contribution in [0, 0.1) is 0 Å². The lowest BCUT2D eigenvalue weighted by atomic mass is 10.1. The van der Waals surface area contributed by atoms with E-state index in [0.717, 1.165) is 11.2 Å². The van der Waals surface area contributed by atoms with Crippen LogP contribution in [0.25, 0.3) is 0 Å². The second-order valence-corrected chi connectivity index (χ2v) is 3.41. The van der Waals surface area contributed by atoms with Crippen LogP contribution < -0.4 is 0 Å². The lowest BCUT2D eigenvalue weighted by molar-refractivity contribution is 0.0600. The second-order valence-electron chi connectivity index (χ2n) is 2.57. The highest BCUT2D eigenvalue weighted by molar-refractivity contribution is 7.98. The third kappa shape index (κ3) is 2.14. The molecule has 0 unspecified atom stereocenters. The Morgan fingerprint density at radius 1 is 1.50 bits per heavy atom. The Balaban J connectivity index is 3.13. The molecule has 0 aliphatic heterocycles. The summed E-state index contributed by atoms with van der Waals surface area (Å²) >= 11 is 1.42. The van der Waals surface area contributed by atoms with Gasteiger partial charge in [0.15, 0.2) is 6.29 Å². The fourth-order valence-electron chi connectivity index (χ4n) is 1.05. The maximum Gasteiger partial charge on any atom is 0.337 e. The van der Waals surface area contributed by atoms with Gasteiger partial charge in [0, 0.05) is 10.5 Å². The molecule has 0 amide bonds. The quantitative estimate of drug-likeness (QED) is 0.435. The molecule has 14 heavy (non-hydrogen) atoms. The monoisotopic (exact) mass is 210 g/mol. The number of hydrogen-bond acceptors (Lipinski definition) is 4. The van der Waals surface area contributed by atoms with Crippen molar-refractivity contribution >= 4 is 24.0 Å². The first-order valence-electron chi connectivity index (χ1n) is 3.94. The summed E-state index contributed by atoms with van der Waals surface area (Å²) in [7, 11) is 1.33. The van der Waals surface area contributed by atoms with Crippen LogP contribution in [0.1, 0.15) is 20.7 Å². The lowest BCUT2D eigenvalue weighted by Crippen LogP contribution is -2.01. The average molecular weight is 210 g/mol. The Bertz CT molecular complexity index is 360. The van der Waals surface area contributed by atoms with Gasteiger partial charge in [0.1, 0.15) is 0 Å². The zero-order valence-electron chi connectivity index (χ0n) is 7.94. The fraction of sp³-hybridized carbons (Fsp3) is 0.200. The molecule has 3 nitrogen and oxygen atoms in total. The first-order chi connectivity index (χ1) is 6.72. The third-order valence-corrected chi connectivity index (χ3v) is 2.57. The Morgan fingerprint density at radius 3 is 2.71 bits per heavy atom. The topological polar surface area (TPSA) is 43.4 Å². The SMILES string of the molecule is COC(=O)c1ccc(C=O)c(SC)c1. The maximum atomic E-state index is 11.2. The van der Waals surface area contributed by atoms with E-state index in [9.17, 15) is 9.59 Å². The predicted octanol–water partition coefficient (Wildman–Crippen LogP) is 2.01. The number of aldehydes is 1. The van der Waals surface area contributed by atoms with Gasteiger partial charge in [-0.2, -0.15) is 0 Å². The van der Waals surface area contributed by atoms with Gasteiger partial charge >= 0.3 is 5.97 Å². The predicted molar refractivity (Wildman–Crippen MR) is 55.0 cm³/mol. The highest BCUT2D eigenvalue weighted by Gasteiger charge is 2.08.